The number of benzene rings is 4. The SMILES string of the molecule is COC(=O)c1ccc2c(c1)c(-c1ccccc1)c(-c1ccccc1)n1c3ccccc3cc21. The Balaban J connectivity index is 1.90. The molecule has 0 atom stereocenters. The number of esters is 1. The molecule has 0 radical (unpaired) electrons. The van der Waals surface area contributed by atoms with E-state index in [0.717, 1.165) is 44.2 Å². The molecule has 2 heterocycles. The Morgan fingerprint density at radius 2 is 1.33 bits per heavy atom. The van der Waals surface area contributed by atoms with Gasteiger partial charge in [-0.05, 0) is 40.8 Å². The summed E-state index contributed by atoms with van der Waals surface area (Å²) in [5.74, 6) is -0.336. The average Bonchev–Trinajstić information content (AvgIpc) is 3.27. The first kappa shape index (κ1) is 19.3. The van der Waals surface area contributed by atoms with E-state index < -0.39 is 0 Å². The smallest absolute Gasteiger partial charge is 0.337 e. The van der Waals surface area contributed by atoms with E-state index in [2.05, 4.69) is 83.3 Å². The molecule has 0 fully saturated rings. The molecule has 3 nitrogen and oxygen atoms in total. The van der Waals surface area contributed by atoms with Crippen LogP contribution in [0.3, 0.4) is 0 Å². The molecule has 158 valence electrons. The number of carbonyl (C=O) groups is 1. The summed E-state index contributed by atoms with van der Waals surface area (Å²) in [5.41, 5.74) is 7.23. The molecule has 4 aromatic carbocycles. The summed E-state index contributed by atoms with van der Waals surface area (Å²) in [5, 5.41) is 3.30. The highest BCUT2D eigenvalue weighted by molar-refractivity contribution is 6.14. The molecule has 33 heavy (non-hydrogen) atoms. The third-order valence-electron chi connectivity index (χ3n) is 6.27. The molecule has 0 aliphatic heterocycles. The average molecular weight is 428 g/mol. The van der Waals surface area contributed by atoms with Crippen LogP contribution in [0.1, 0.15) is 10.4 Å². The maximum Gasteiger partial charge on any atom is 0.337 e. The van der Waals surface area contributed by atoms with Crippen LogP contribution in [0, 0.1) is 0 Å². The normalized spacial score (nSPS) is 11.3. The van der Waals surface area contributed by atoms with Crippen molar-refractivity contribution in [2.75, 3.05) is 7.11 Å². The highest BCUT2D eigenvalue weighted by atomic mass is 16.5. The number of nitrogens with zero attached hydrogens (tertiary/aromatic N) is 1. The second-order valence-corrected chi connectivity index (χ2v) is 8.13. The molecule has 2 aromatic heterocycles. The minimum Gasteiger partial charge on any atom is -0.465 e. The molecular weight excluding hydrogens is 406 g/mol. The summed E-state index contributed by atoms with van der Waals surface area (Å²) >= 11 is 0. The highest BCUT2D eigenvalue weighted by Crippen LogP contribution is 2.42. The van der Waals surface area contributed by atoms with E-state index >= 15 is 0 Å². The van der Waals surface area contributed by atoms with E-state index in [1.54, 1.807) is 0 Å². The van der Waals surface area contributed by atoms with Crippen LogP contribution >= 0.6 is 0 Å². The molecule has 0 unspecified atom stereocenters. The summed E-state index contributed by atoms with van der Waals surface area (Å²) in [4.78, 5) is 12.4. The minimum atomic E-state index is -0.336. The van der Waals surface area contributed by atoms with Crippen LogP contribution in [-0.2, 0) is 4.74 Å². The molecule has 3 heteroatoms. The van der Waals surface area contributed by atoms with E-state index in [0.29, 0.717) is 5.56 Å². The molecule has 0 aliphatic rings. The van der Waals surface area contributed by atoms with Gasteiger partial charge in [0.25, 0.3) is 0 Å². The van der Waals surface area contributed by atoms with Crippen LogP contribution in [0.15, 0.2) is 109 Å². The van der Waals surface area contributed by atoms with E-state index in [4.69, 9.17) is 4.74 Å². The summed E-state index contributed by atoms with van der Waals surface area (Å²) in [6, 6.07) is 37.4. The van der Waals surface area contributed by atoms with Crippen molar-refractivity contribution in [2.24, 2.45) is 0 Å². The quantitative estimate of drug-likeness (QED) is 0.276. The molecule has 6 rings (SSSR count). The Kier molecular flexibility index (Phi) is 4.48. The van der Waals surface area contributed by atoms with Gasteiger partial charge in [0.15, 0.2) is 0 Å². The van der Waals surface area contributed by atoms with Gasteiger partial charge in [-0.1, -0.05) is 84.9 Å². The van der Waals surface area contributed by atoms with Crippen molar-refractivity contribution in [1.29, 1.82) is 0 Å². The van der Waals surface area contributed by atoms with Crippen LogP contribution in [0.25, 0.3) is 49.6 Å². The lowest BCUT2D eigenvalue weighted by atomic mass is 9.92. The molecule has 0 saturated carbocycles. The Labute approximate surface area is 191 Å². The molecule has 0 spiro atoms. The third kappa shape index (κ3) is 3.01. The van der Waals surface area contributed by atoms with Crippen molar-refractivity contribution in [3.8, 4) is 22.4 Å². The van der Waals surface area contributed by atoms with Crippen molar-refractivity contribution in [3.05, 3.63) is 115 Å². The lowest BCUT2D eigenvalue weighted by molar-refractivity contribution is 0.0601. The van der Waals surface area contributed by atoms with Gasteiger partial charge in [-0.2, -0.15) is 0 Å². The summed E-state index contributed by atoms with van der Waals surface area (Å²) in [7, 11) is 1.42. The van der Waals surface area contributed by atoms with Crippen molar-refractivity contribution in [2.45, 2.75) is 0 Å². The zero-order valence-electron chi connectivity index (χ0n) is 18.2. The van der Waals surface area contributed by atoms with Gasteiger partial charge in [0.2, 0.25) is 0 Å². The second kappa shape index (κ2) is 7.64. The van der Waals surface area contributed by atoms with E-state index in [-0.39, 0.29) is 5.97 Å². The number of methoxy groups -OCH3 is 1. The summed E-state index contributed by atoms with van der Waals surface area (Å²) in [6.07, 6.45) is 0. The van der Waals surface area contributed by atoms with Gasteiger partial charge in [-0.15, -0.1) is 0 Å². The van der Waals surface area contributed by atoms with Gasteiger partial charge < -0.3 is 9.14 Å². The molecule has 0 N–H and O–H groups in total. The van der Waals surface area contributed by atoms with Crippen molar-refractivity contribution in [1.82, 2.24) is 4.40 Å². The fourth-order valence-corrected chi connectivity index (χ4v) is 4.82. The van der Waals surface area contributed by atoms with Crippen LogP contribution in [-0.4, -0.2) is 17.5 Å². The molecule has 0 aliphatic carbocycles. The maximum atomic E-state index is 12.4. The first-order chi connectivity index (χ1) is 16.3. The number of carbonyl (C=O) groups excluding carboxylic acids is 1. The van der Waals surface area contributed by atoms with Gasteiger partial charge in [0.1, 0.15) is 0 Å². The monoisotopic (exact) mass is 427 g/mol. The van der Waals surface area contributed by atoms with Gasteiger partial charge >= 0.3 is 5.97 Å². The number of para-hydroxylation sites is 1. The fourth-order valence-electron chi connectivity index (χ4n) is 4.82. The zero-order chi connectivity index (χ0) is 22.4. The van der Waals surface area contributed by atoms with Crippen LogP contribution < -0.4 is 0 Å². The van der Waals surface area contributed by atoms with Gasteiger partial charge in [0, 0.05) is 16.3 Å². The van der Waals surface area contributed by atoms with E-state index in [9.17, 15) is 4.79 Å². The molecule has 0 saturated heterocycles. The minimum absolute atomic E-state index is 0.336. The standard InChI is InChI=1S/C30H21NO2/c1-33-30(32)23-16-17-24-25(18-23)28(20-10-4-2-5-11-20)29(21-12-6-3-7-13-21)31-26-15-9-8-14-22(26)19-27(24)31/h2-19H,1H3. The molecule has 6 aromatic rings. The lowest BCUT2D eigenvalue weighted by Gasteiger charge is -2.19. The number of hydrogen-bond donors (Lipinski definition) is 0. The number of fused-ring (bicyclic) bond motifs is 5. The first-order valence-electron chi connectivity index (χ1n) is 11.0. The second-order valence-electron chi connectivity index (χ2n) is 8.13. The number of ether oxygens (including phenoxy) is 1. The Bertz CT molecular complexity index is 1650. The maximum absolute atomic E-state index is 12.4. The largest absolute Gasteiger partial charge is 0.465 e. The van der Waals surface area contributed by atoms with E-state index in [1.807, 2.05) is 30.3 Å². The molecular formula is C30H21NO2. The fraction of sp³-hybridized carbons (Fsp3) is 0.0333. The summed E-state index contributed by atoms with van der Waals surface area (Å²) < 4.78 is 7.39. The van der Waals surface area contributed by atoms with Gasteiger partial charge in [0.05, 0.1) is 29.4 Å². The molecule has 0 bridgehead atoms. The number of hydrogen-bond acceptors (Lipinski definition) is 2. The number of rotatable bonds is 3. The predicted molar refractivity (Wildman–Crippen MR) is 135 cm³/mol. The van der Waals surface area contributed by atoms with Crippen LogP contribution in [0.2, 0.25) is 0 Å². The number of pyridine rings is 1. The van der Waals surface area contributed by atoms with Crippen molar-refractivity contribution < 1.29 is 9.53 Å². The molecule has 0 amide bonds. The topological polar surface area (TPSA) is 30.7 Å². The summed E-state index contributed by atoms with van der Waals surface area (Å²) in [6.45, 7) is 0. The highest BCUT2D eigenvalue weighted by Gasteiger charge is 2.21. The van der Waals surface area contributed by atoms with Crippen molar-refractivity contribution in [3.63, 3.8) is 0 Å². The predicted octanol–water partition coefficient (Wildman–Crippen LogP) is 7.37. The van der Waals surface area contributed by atoms with E-state index in [1.165, 1.54) is 12.5 Å². The Hall–Kier alpha value is -4.37. The Morgan fingerprint density at radius 3 is 2.06 bits per heavy atom. The lowest BCUT2D eigenvalue weighted by Crippen LogP contribution is -2.03. The third-order valence-corrected chi connectivity index (χ3v) is 6.27. The van der Waals surface area contributed by atoms with Gasteiger partial charge in [-0.25, -0.2) is 4.79 Å². The Morgan fingerprint density at radius 1 is 0.667 bits per heavy atom. The number of aromatic nitrogens is 1. The van der Waals surface area contributed by atoms with Crippen LogP contribution in [0.4, 0.5) is 0 Å². The zero-order valence-corrected chi connectivity index (χ0v) is 18.2. The first-order valence-corrected chi connectivity index (χ1v) is 11.0. The van der Waals surface area contributed by atoms with Gasteiger partial charge in [-0.3, -0.25) is 0 Å². The van der Waals surface area contributed by atoms with Crippen molar-refractivity contribution >= 4 is 33.2 Å². The van der Waals surface area contributed by atoms with Crippen LogP contribution in [0.5, 0.6) is 0 Å².